The Hall–Kier alpha value is -3.23. The molecule has 4 amide bonds. The Morgan fingerprint density at radius 1 is 1.09 bits per heavy atom. The highest BCUT2D eigenvalue weighted by atomic mass is 127. The number of amides is 4. The summed E-state index contributed by atoms with van der Waals surface area (Å²) in [5, 5.41) is 19.7. The fourth-order valence-corrected chi connectivity index (χ4v) is 8.92. The summed E-state index contributed by atoms with van der Waals surface area (Å²) in [6.07, 6.45) is 1.52. The number of hydrogen-bond acceptors (Lipinski definition) is 7. The monoisotopic (exact) mass is 770 g/mol. The highest BCUT2D eigenvalue weighted by Crippen LogP contribution is 2.66. The quantitative estimate of drug-likeness (QED) is 0.181. The van der Waals surface area contributed by atoms with Gasteiger partial charge in [-0.1, -0.05) is 11.6 Å². The number of phenols is 1. The third-order valence-corrected chi connectivity index (χ3v) is 11.6. The van der Waals surface area contributed by atoms with E-state index in [0.717, 1.165) is 21.9 Å². The SMILES string of the molecule is COc1cc([C@H]2C3=CC[C@@H]4C(=O)N(CCCC(=O)O)C(=O)[C@@H]4[C@@H]3C[C@@]3(Cl)C(=O)N(c4ccc(F)cc4)C(=O)[C@@]23Cl)cc(I)c1O. The lowest BCUT2D eigenvalue weighted by molar-refractivity contribution is -0.142. The number of benzene rings is 2. The van der Waals surface area contributed by atoms with Crippen molar-refractivity contribution in [2.24, 2.45) is 17.8 Å². The number of aliphatic carboxylic acids is 1. The number of imide groups is 2. The molecule has 2 aliphatic heterocycles. The van der Waals surface area contributed by atoms with E-state index < -0.39 is 68.8 Å². The van der Waals surface area contributed by atoms with E-state index in [2.05, 4.69) is 0 Å². The van der Waals surface area contributed by atoms with Crippen LogP contribution in [0.1, 0.15) is 37.2 Å². The van der Waals surface area contributed by atoms with Gasteiger partial charge in [0.05, 0.1) is 28.2 Å². The van der Waals surface area contributed by atoms with Gasteiger partial charge in [-0.2, -0.15) is 0 Å². The lowest BCUT2D eigenvalue weighted by Gasteiger charge is -2.50. The van der Waals surface area contributed by atoms with Crippen molar-refractivity contribution in [1.82, 2.24) is 4.90 Å². The van der Waals surface area contributed by atoms with Gasteiger partial charge in [0.1, 0.15) is 5.82 Å². The minimum absolute atomic E-state index is 0.0593. The zero-order valence-corrected chi connectivity index (χ0v) is 27.3. The van der Waals surface area contributed by atoms with Crippen molar-refractivity contribution in [3.8, 4) is 11.5 Å². The fourth-order valence-electron chi connectivity index (χ4n) is 7.36. The average Bonchev–Trinajstić information content (AvgIpc) is 3.32. The zero-order valence-electron chi connectivity index (χ0n) is 23.6. The Morgan fingerprint density at radius 2 is 1.78 bits per heavy atom. The summed E-state index contributed by atoms with van der Waals surface area (Å²) in [7, 11) is 1.35. The Morgan fingerprint density at radius 3 is 2.42 bits per heavy atom. The van der Waals surface area contributed by atoms with Gasteiger partial charge in [0, 0.05) is 18.9 Å². The smallest absolute Gasteiger partial charge is 0.303 e. The van der Waals surface area contributed by atoms with E-state index in [-0.39, 0.29) is 49.4 Å². The van der Waals surface area contributed by atoms with E-state index >= 15 is 0 Å². The maximum Gasteiger partial charge on any atom is 0.303 e. The predicted molar refractivity (Wildman–Crippen MR) is 168 cm³/mol. The maximum atomic E-state index is 14.4. The molecule has 6 atom stereocenters. The van der Waals surface area contributed by atoms with Crippen LogP contribution in [-0.2, 0) is 24.0 Å². The maximum absolute atomic E-state index is 14.4. The second kappa shape index (κ2) is 11.2. The molecule has 236 valence electrons. The molecule has 2 heterocycles. The van der Waals surface area contributed by atoms with Gasteiger partial charge in [-0.25, -0.2) is 9.29 Å². The van der Waals surface area contributed by atoms with Crippen LogP contribution in [0.25, 0.3) is 0 Å². The van der Waals surface area contributed by atoms with Gasteiger partial charge in [-0.15, -0.1) is 23.2 Å². The van der Waals surface area contributed by atoms with Gasteiger partial charge >= 0.3 is 5.97 Å². The number of rotatable bonds is 7. The van der Waals surface area contributed by atoms with E-state index in [1.165, 1.54) is 25.3 Å². The van der Waals surface area contributed by atoms with Crippen molar-refractivity contribution in [2.75, 3.05) is 18.6 Å². The molecule has 6 rings (SSSR count). The molecule has 4 aliphatic rings. The van der Waals surface area contributed by atoms with Crippen LogP contribution in [0.5, 0.6) is 11.5 Å². The number of carboxylic acid groups (broad SMARTS) is 1. The molecule has 2 aromatic carbocycles. The molecule has 0 bridgehead atoms. The van der Waals surface area contributed by atoms with E-state index in [9.17, 15) is 33.5 Å². The first kappa shape index (κ1) is 31.7. The van der Waals surface area contributed by atoms with Crippen LogP contribution < -0.4 is 9.64 Å². The number of ether oxygens (including phenoxy) is 1. The van der Waals surface area contributed by atoms with Crippen molar-refractivity contribution in [3.63, 3.8) is 0 Å². The van der Waals surface area contributed by atoms with Crippen molar-refractivity contribution in [3.05, 3.63) is 63.0 Å². The number of alkyl halides is 2. The first-order valence-corrected chi connectivity index (χ1v) is 16.0. The number of nitrogens with zero attached hydrogens (tertiary/aromatic N) is 2. The number of carbonyl (C=O) groups excluding carboxylic acids is 4. The number of likely N-dealkylation sites (tertiary alicyclic amines) is 1. The number of phenolic OH excluding ortho intramolecular Hbond substituents is 1. The molecule has 0 aromatic heterocycles. The van der Waals surface area contributed by atoms with Gasteiger partial charge in [0.2, 0.25) is 11.8 Å². The van der Waals surface area contributed by atoms with Crippen LogP contribution >= 0.6 is 45.8 Å². The molecule has 2 saturated heterocycles. The lowest BCUT2D eigenvalue weighted by atomic mass is 9.56. The number of anilines is 1. The molecule has 45 heavy (non-hydrogen) atoms. The molecule has 0 radical (unpaired) electrons. The summed E-state index contributed by atoms with van der Waals surface area (Å²) in [6.45, 7) is -0.0724. The third kappa shape index (κ3) is 4.57. The normalized spacial score (nSPS) is 30.6. The number of fused-ring (bicyclic) bond motifs is 4. The van der Waals surface area contributed by atoms with Crippen LogP contribution in [0, 0.1) is 27.1 Å². The molecule has 2 aromatic rings. The molecule has 2 aliphatic carbocycles. The van der Waals surface area contributed by atoms with Crippen LogP contribution in [0.2, 0.25) is 0 Å². The summed E-state index contributed by atoms with van der Waals surface area (Å²) >= 11 is 16.6. The van der Waals surface area contributed by atoms with Crippen LogP contribution in [0.3, 0.4) is 0 Å². The van der Waals surface area contributed by atoms with Gasteiger partial charge in [0.15, 0.2) is 21.2 Å². The number of hydrogen-bond donors (Lipinski definition) is 2. The highest BCUT2D eigenvalue weighted by Gasteiger charge is 2.76. The largest absolute Gasteiger partial charge is 0.504 e. The molecule has 14 heteroatoms. The van der Waals surface area contributed by atoms with E-state index in [4.69, 9.17) is 33.0 Å². The number of carbonyl (C=O) groups is 5. The van der Waals surface area contributed by atoms with E-state index in [1.54, 1.807) is 12.1 Å². The molecule has 1 saturated carbocycles. The zero-order chi connectivity index (χ0) is 32.6. The third-order valence-electron chi connectivity index (χ3n) is 9.36. The first-order chi connectivity index (χ1) is 21.3. The van der Waals surface area contributed by atoms with Crippen molar-refractivity contribution >= 4 is 81.1 Å². The van der Waals surface area contributed by atoms with Crippen molar-refractivity contribution in [2.45, 2.75) is 41.3 Å². The molecular weight excluding hydrogens is 745 g/mol. The molecular formula is C31H26Cl2FIN2O8. The van der Waals surface area contributed by atoms with Crippen LogP contribution in [0.4, 0.5) is 10.1 Å². The number of aromatic hydroxyl groups is 1. The van der Waals surface area contributed by atoms with Gasteiger partial charge in [0.25, 0.3) is 11.8 Å². The number of allylic oxidation sites excluding steroid dienone is 2. The van der Waals surface area contributed by atoms with Gasteiger partial charge in [-0.3, -0.25) is 28.9 Å². The minimum Gasteiger partial charge on any atom is -0.504 e. The second-order valence-corrected chi connectivity index (χ2v) is 14.0. The molecule has 10 nitrogen and oxygen atoms in total. The fraction of sp³-hybridized carbons (Fsp3) is 0.387. The molecule has 3 fully saturated rings. The van der Waals surface area contributed by atoms with E-state index in [1.807, 2.05) is 22.6 Å². The first-order valence-electron chi connectivity index (χ1n) is 14.1. The number of halogens is 4. The summed E-state index contributed by atoms with van der Waals surface area (Å²) in [5.74, 6) is -7.93. The Balaban J connectivity index is 1.51. The molecule has 0 unspecified atom stereocenters. The highest BCUT2D eigenvalue weighted by molar-refractivity contribution is 14.1. The topological polar surface area (TPSA) is 142 Å². The summed E-state index contributed by atoms with van der Waals surface area (Å²) in [5.41, 5.74) is 0.992. The summed E-state index contributed by atoms with van der Waals surface area (Å²) in [4.78, 5) is 64.7. The Labute approximate surface area is 280 Å². The van der Waals surface area contributed by atoms with Crippen LogP contribution in [-0.4, -0.2) is 68.1 Å². The van der Waals surface area contributed by atoms with Crippen molar-refractivity contribution in [1.29, 1.82) is 0 Å². The number of carboxylic acids is 1. The average molecular weight is 771 g/mol. The lowest BCUT2D eigenvalue weighted by Crippen LogP contribution is -2.60. The van der Waals surface area contributed by atoms with E-state index in [0.29, 0.717) is 14.7 Å². The Kier molecular flexibility index (Phi) is 7.92. The predicted octanol–water partition coefficient (Wildman–Crippen LogP) is 4.57. The minimum atomic E-state index is -2.13. The standard InChI is InChI=1S/C31H26Cl2FIN2O8/c1-45-21-12-14(11-20(35)25(21)40)24-17-8-9-18-23(27(42)36(26(18)41)10-2-3-22(38)39)19(17)13-30(32)28(43)37(29(44)31(24,30)33)16-6-4-15(34)5-7-16/h4-8,11-12,18-19,23-24,40H,2-3,9-10,13H2,1H3,(H,38,39)/t18-,19+,23-,24-,30+,31-/m0/s1. The Bertz CT molecular complexity index is 1700. The molecule has 0 spiro atoms. The number of methoxy groups -OCH3 is 1. The van der Waals surface area contributed by atoms with Crippen LogP contribution in [0.15, 0.2) is 48.0 Å². The van der Waals surface area contributed by atoms with Gasteiger partial charge in [-0.05, 0) is 89.7 Å². The van der Waals surface area contributed by atoms with Crippen molar-refractivity contribution < 1.29 is 43.3 Å². The molecule has 2 N–H and O–H groups in total. The van der Waals surface area contributed by atoms with Gasteiger partial charge < -0.3 is 14.9 Å². The summed E-state index contributed by atoms with van der Waals surface area (Å²) in [6, 6.07) is 7.81. The summed E-state index contributed by atoms with van der Waals surface area (Å²) < 4.78 is 19.6. The second-order valence-electron chi connectivity index (χ2n) is 11.6.